The third kappa shape index (κ3) is 24.7. The van der Waals surface area contributed by atoms with Crippen LogP contribution in [0.3, 0.4) is 0 Å². The number of Topliss-reactive ketones (excluding diaryl/α,β-unsaturated/α-hetero) is 1. The van der Waals surface area contributed by atoms with Gasteiger partial charge in [0.1, 0.15) is 5.78 Å². The van der Waals surface area contributed by atoms with Crippen LogP contribution < -0.4 is 50.5 Å². The van der Waals surface area contributed by atoms with E-state index in [-0.39, 0.29) is 63.8 Å². The number of para-hydroxylation sites is 12. The third-order valence-corrected chi connectivity index (χ3v) is 29.3. The Morgan fingerprint density at radius 2 is 0.607 bits per heavy atom. The number of hydrogen-bond acceptors (Lipinski definition) is 16. The Hall–Kier alpha value is -9.59. The van der Waals surface area contributed by atoms with E-state index in [1.165, 1.54) is 15.6 Å². The molecule has 31 heteroatoms. The first-order valence-corrected chi connectivity index (χ1v) is 56.0. The van der Waals surface area contributed by atoms with Gasteiger partial charge in [0.2, 0.25) is 0 Å². The van der Waals surface area contributed by atoms with E-state index in [2.05, 4.69) is 163 Å². The summed E-state index contributed by atoms with van der Waals surface area (Å²) in [5.41, 5.74) is 21.6. The summed E-state index contributed by atoms with van der Waals surface area (Å²) in [7, 11) is 3.20. The van der Waals surface area contributed by atoms with Gasteiger partial charge in [0.05, 0.1) is 102 Å². The van der Waals surface area contributed by atoms with Crippen molar-refractivity contribution in [1.82, 2.24) is 65.9 Å². The number of nitrogens with one attached hydrogen (secondary N) is 3. The minimum atomic E-state index is -0.870. The van der Waals surface area contributed by atoms with Crippen LogP contribution in [0.5, 0.6) is 0 Å². The number of H-pyrrole nitrogens is 1. The number of imidazole rings is 6. The second-order valence-corrected chi connectivity index (χ2v) is 41.6. The number of aliphatic hydroxyl groups is 1. The van der Waals surface area contributed by atoms with E-state index in [1.54, 1.807) is 0 Å². The summed E-state index contributed by atoms with van der Waals surface area (Å²) < 4.78 is 51.9. The normalized spacial score (nSPS) is 20.8. The number of ketones is 1. The fourth-order valence-electron chi connectivity index (χ4n) is 22.4. The van der Waals surface area contributed by atoms with Crippen molar-refractivity contribution in [2.24, 2.45) is 5.73 Å². The highest BCUT2D eigenvalue weighted by atomic mass is 127. The molecule has 2 atom stereocenters. The van der Waals surface area contributed by atoms with Crippen LogP contribution in [0.15, 0.2) is 235 Å². The van der Waals surface area contributed by atoms with Gasteiger partial charge in [0.25, 0.3) is 0 Å². The van der Waals surface area contributed by atoms with Gasteiger partial charge in [0, 0.05) is 146 Å². The number of aliphatic hydroxyl groups excluding tert-OH is 1. The summed E-state index contributed by atoms with van der Waals surface area (Å²) >= 11 is 6.60. The first-order valence-electron chi connectivity index (χ1n) is 51.4. The summed E-state index contributed by atoms with van der Waals surface area (Å²) in [5, 5.41) is 14.4. The number of aromatic amines is 1. The van der Waals surface area contributed by atoms with Gasteiger partial charge >= 0.3 is 35.4 Å². The number of nitrogens with zero attached hydrogens (tertiary/aromatic N) is 11. The monoisotopic (exact) mass is 2080 g/mol. The maximum atomic E-state index is 12.9. The molecule has 2 spiro atoms. The fraction of sp³-hybridized carbons (Fsp3) is 0.495. The lowest BCUT2D eigenvalue weighted by atomic mass is 9.90. The van der Waals surface area contributed by atoms with Gasteiger partial charge < -0.3 is 45.4 Å². The molecule has 0 bridgehead atoms. The summed E-state index contributed by atoms with van der Waals surface area (Å²) in [6.07, 6.45) is 22.7. The van der Waals surface area contributed by atoms with E-state index in [4.69, 9.17) is 31.1 Å². The standard InChI is InChI=1S/2C22H27N3O.C17H22N2O3.C15H21N3O.C15H18N2O3.C15H18N2O2.C2H5I.CH4O.H2P2S/c2*1-2-24-20-10-6-7-11-21(20)25(22(24)26)19-14-12-18(13-15-19)23-16-17-8-4-3-5-9-17;1-2-18-14-5-3-4-6-15(14)19(16(18)20)13-7-9-17(10-8-13)21-11-12-22-17;1-2-17-13-5-3-4-6-14(13)18(15(17)19)12-9-7-11(16)8-10-12;18-14-16-12-3-1-2-4-13(12)17(14)11-5-7-15(8-6-11)19-9-10-20-15;1-2-16-13-5-3-4-6-14(13)17(15(16)19)11-7-9-12(18)10-8-11;1-2-3;1-2;1-2-3/h2*3-11,18-19,23H,2,12-16H2,1H3;3-6,13H,2,7-12H2,1H3;3-6,11-12H,2,7-10,16H2,1H3;1-4,11H,5-10H2,(H,16,18);3-6,11H,2,7-10H2,1H3;2H2,1H3;2H,1H3;1H2/p+1/i/hT. The molecule has 2 saturated heterocycles. The van der Waals surface area contributed by atoms with Gasteiger partial charge in [-0.1, -0.05) is 163 Å². The molecule has 0 radical (unpaired) electrons. The minimum Gasteiger partial charge on any atom is -0.400 e. The Morgan fingerprint density at radius 1 is 0.371 bits per heavy atom. The number of rotatable bonds is 17. The molecule has 2 aliphatic heterocycles. The largest absolute Gasteiger partial charge is 0.400 e. The number of fused-ring (bicyclic) bond motifs is 6. The Labute approximate surface area is 843 Å². The molecule has 14 aromatic rings. The average Bonchev–Trinajstić information content (AvgIpc) is 1.61. The number of nitrogens with two attached hydrogens (primary N) is 1. The predicted molar refractivity (Wildman–Crippen MR) is 581 cm³/mol. The van der Waals surface area contributed by atoms with Crippen molar-refractivity contribution >= 4 is 122 Å². The van der Waals surface area contributed by atoms with Crippen LogP contribution in [-0.4, -0.2) is 135 Å². The van der Waals surface area contributed by atoms with Crippen molar-refractivity contribution in [2.45, 2.75) is 307 Å². The Balaban J connectivity index is 0.000000133. The van der Waals surface area contributed by atoms with Crippen LogP contribution in [0.4, 0.5) is 0 Å². The topological polar surface area (TPSA) is 297 Å². The van der Waals surface area contributed by atoms with Crippen molar-refractivity contribution in [3.63, 3.8) is 0 Å². The highest BCUT2D eigenvalue weighted by molar-refractivity contribution is 14.1. The maximum absolute atomic E-state index is 12.9. The number of carbonyl (C=O) groups is 1. The number of carbonyl (C=O) groups excluding carboxylic acids is 1. The number of alkyl halides is 1. The van der Waals surface area contributed by atoms with Gasteiger partial charge in [-0.05, 0) is 239 Å². The molecule has 27 nitrogen and oxygen atoms in total. The van der Waals surface area contributed by atoms with Crippen LogP contribution in [0, 0.1) is 0 Å². The first kappa shape index (κ1) is 105. The van der Waals surface area contributed by atoms with Gasteiger partial charge in [-0.2, -0.15) is 0 Å². The highest BCUT2D eigenvalue weighted by Gasteiger charge is 2.43. The van der Waals surface area contributed by atoms with E-state index in [1.807, 2.05) is 194 Å². The van der Waals surface area contributed by atoms with E-state index >= 15 is 0 Å². The Kier molecular flexibility index (Phi) is 38.6. The molecule has 6 saturated carbocycles. The molecule has 8 aromatic carbocycles. The first-order chi connectivity index (χ1) is 68.7. The zero-order valence-corrected chi connectivity index (χ0v) is 87.6. The molecule has 140 heavy (non-hydrogen) atoms. The zero-order chi connectivity index (χ0) is 99.7. The number of hydrogen-bond donors (Lipinski definition) is 5. The van der Waals surface area contributed by atoms with Crippen molar-refractivity contribution < 1.29 is 28.8 Å². The number of aromatic nitrogens is 12. The van der Waals surface area contributed by atoms with Gasteiger partial charge in [-0.3, -0.25) is 55.0 Å². The van der Waals surface area contributed by atoms with Crippen LogP contribution in [0.2, 0.25) is 0 Å². The fourth-order valence-corrected chi connectivity index (χ4v) is 22.4. The number of aryl methyl sites for hydroxylation is 5. The SMILES string of the molecule is CCI.CCn1c(=O)n(C2CCC(=O)CC2)c2ccccc21.CCn1c(=O)n(C2CCC(N)CC2)c2ccccc21.CCn1c(=O)n(C2CCC(NCc3ccccc3)CC2)c2ccccc21.CCn1c(=O)n(C2CCC(NCc3ccccc3)CC2)c2ccccc21.CCn1c(=O)n(C2CCC3(CC2)OCCO3)c2ccccc21.CO.O=c1[nH]c2ccccc2n1C1CCC2(CC1)OCCO2.[3H][P+](P)=S. The van der Waals surface area contributed by atoms with Gasteiger partial charge in [-0.25, -0.2) is 28.8 Å². The van der Waals surface area contributed by atoms with Crippen molar-refractivity contribution in [3.8, 4) is 0 Å². The lowest BCUT2D eigenvalue weighted by Gasteiger charge is -2.35. The molecular weight excluding hydrogens is 1930 g/mol. The number of halogens is 1. The number of ether oxygens (including phenoxy) is 4. The minimum absolute atomic E-state index is 0.0135. The lowest BCUT2D eigenvalue weighted by molar-refractivity contribution is -0.181. The van der Waals surface area contributed by atoms with Crippen molar-refractivity contribution in [3.05, 3.63) is 280 Å². The average molecular weight is 2080 g/mol. The molecule has 8 aliphatic rings. The van der Waals surface area contributed by atoms with Crippen LogP contribution in [0.25, 0.3) is 66.2 Å². The summed E-state index contributed by atoms with van der Waals surface area (Å²) in [6.45, 7) is 19.5. The predicted octanol–water partition coefficient (Wildman–Crippen LogP) is 19.8. The molecule has 6 N–H and O–H groups in total. The smallest absolute Gasteiger partial charge is 0.355 e. The number of benzene rings is 8. The Morgan fingerprint density at radius 3 is 0.893 bits per heavy atom. The van der Waals surface area contributed by atoms with E-state index < -0.39 is 6.99 Å². The van der Waals surface area contributed by atoms with Crippen LogP contribution in [-0.2, 0) is 81.4 Å². The van der Waals surface area contributed by atoms with E-state index in [0.717, 1.165) is 247 Å². The van der Waals surface area contributed by atoms with Crippen molar-refractivity contribution in [2.75, 3.05) is 38.0 Å². The summed E-state index contributed by atoms with van der Waals surface area (Å²) in [4.78, 5) is 90.3. The van der Waals surface area contributed by atoms with Gasteiger partial charge in [0.15, 0.2) is 30.4 Å². The second-order valence-electron chi connectivity index (χ2n) is 37.4. The Bertz CT molecular complexity index is 6610. The molecule has 750 valence electrons. The van der Waals surface area contributed by atoms with E-state index in [9.17, 15) is 33.6 Å². The van der Waals surface area contributed by atoms with Crippen molar-refractivity contribution in [1.29, 1.82) is 1.28 Å². The molecule has 6 aromatic heterocycles. The maximum Gasteiger partial charge on any atom is 0.355 e. The molecule has 6 aliphatic carbocycles. The summed E-state index contributed by atoms with van der Waals surface area (Å²) in [6, 6.07) is 72.4. The molecular formula is C109H145IN15O12P2S+. The quantitative estimate of drug-likeness (QED) is 0.0321. The lowest BCUT2D eigenvalue weighted by Crippen LogP contribution is -2.38. The second kappa shape index (κ2) is 51.6. The van der Waals surface area contributed by atoms with E-state index in [0.29, 0.717) is 94.4 Å². The summed E-state index contributed by atoms with van der Waals surface area (Å²) in [5.74, 6) is -0.418. The third-order valence-electron chi connectivity index (χ3n) is 29.3. The van der Waals surface area contributed by atoms with Crippen LogP contribution in [0.1, 0.15) is 243 Å². The van der Waals surface area contributed by atoms with Gasteiger partial charge in [-0.15, -0.1) is 0 Å². The molecule has 2 unspecified atom stereocenters. The highest BCUT2D eigenvalue weighted by Crippen LogP contribution is 2.44. The zero-order valence-electron chi connectivity index (χ0n) is 83.5. The molecule has 0 amide bonds. The molecule has 8 heterocycles. The van der Waals surface area contributed by atoms with Crippen LogP contribution >= 0.6 is 38.5 Å². The molecule has 22 rings (SSSR count). The molecule has 8 fully saturated rings.